The van der Waals surface area contributed by atoms with E-state index in [-0.39, 0.29) is 11.2 Å². The molecular formula is C22H25N3O3S. The lowest BCUT2D eigenvalue weighted by Gasteiger charge is -2.16. The number of carbonyl (C=O) groups excluding carboxylic acids is 1. The quantitative estimate of drug-likeness (QED) is 0.479. The van der Waals surface area contributed by atoms with Crippen molar-refractivity contribution >= 4 is 29.1 Å². The minimum Gasteiger partial charge on any atom is -0.497 e. The zero-order valence-corrected chi connectivity index (χ0v) is 17.7. The van der Waals surface area contributed by atoms with Crippen LogP contribution < -0.4 is 9.47 Å². The molecule has 0 saturated carbocycles. The Morgan fingerprint density at radius 3 is 2.24 bits per heavy atom. The van der Waals surface area contributed by atoms with Crippen molar-refractivity contribution in [1.29, 1.82) is 0 Å². The molecule has 6 nitrogen and oxygen atoms in total. The Kier molecular flexibility index (Phi) is 7.30. The second-order valence-corrected chi connectivity index (χ2v) is 7.74. The lowest BCUT2D eigenvalue weighted by Crippen LogP contribution is -2.31. The highest BCUT2D eigenvalue weighted by Crippen LogP contribution is 2.32. The van der Waals surface area contributed by atoms with E-state index in [1.165, 1.54) is 11.8 Å². The Labute approximate surface area is 175 Å². The third-order valence-corrected chi connectivity index (χ3v) is 5.77. The molecule has 2 aromatic rings. The molecule has 2 aromatic carbocycles. The summed E-state index contributed by atoms with van der Waals surface area (Å²) in [5.74, 6) is 1.67. The smallest absolute Gasteiger partial charge is 0.242 e. The van der Waals surface area contributed by atoms with Gasteiger partial charge in [-0.25, -0.2) is 0 Å². The highest BCUT2D eigenvalue weighted by atomic mass is 32.2. The van der Waals surface area contributed by atoms with Crippen molar-refractivity contribution in [2.75, 3.05) is 14.2 Å². The Bertz CT molecular complexity index is 879. The third kappa shape index (κ3) is 5.38. The fraction of sp³-hybridized carbons (Fsp3) is 0.318. The normalized spacial score (nSPS) is 18.0. The molecule has 0 bridgehead atoms. The minimum absolute atomic E-state index is 0.0889. The van der Waals surface area contributed by atoms with Gasteiger partial charge in [-0.2, -0.15) is 5.10 Å². The van der Waals surface area contributed by atoms with Crippen LogP contribution in [0, 0.1) is 0 Å². The first-order valence-corrected chi connectivity index (χ1v) is 10.4. The number of carbonyl (C=O) groups is 1. The van der Waals surface area contributed by atoms with Crippen molar-refractivity contribution in [3.8, 4) is 11.5 Å². The summed E-state index contributed by atoms with van der Waals surface area (Å²) in [5, 5.41) is 9.10. The van der Waals surface area contributed by atoms with E-state index in [1.54, 1.807) is 25.3 Å². The molecule has 1 atom stereocenters. The molecule has 0 spiro atoms. The van der Waals surface area contributed by atoms with E-state index in [0.29, 0.717) is 11.7 Å². The molecule has 0 radical (unpaired) electrons. The number of benzene rings is 2. The lowest BCUT2D eigenvalue weighted by molar-refractivity contribution is -0.126. The molecule has 0 unspecified atom stereocenters. The monoisotopic (exact) mass is 411 g/mol. The Balaban J connectivity index is 1.77. The van der Waals surface area contributed by atoms with Crippen LogP contribution in [-0.4, -0.2) is 41.7 Å². The molecule has 1 heterocycles. The van der Waals surface area contributed by atoms with Crippen LogP contribution in [0.1, 0.15) is 30.9 Å². The third-order valence-electron chi connectivity index (χ3n) is 4.54. The van der Waals surface area contributed by atoms with Gasteiger partial charge < -0.3 is 9.47 Å². The molecule has 29 heavy (non-hydrogen) atoms. The SMILES string of the molecule is CCC[C@@H]1S/C(=N\N=C/c2ccc(OC)cc2)N(Cc2ccc(OC)cc2)C1=O. The van der Waals surface area contributed by atoms with Gasteiger partial charge in [-0.05, 0) is 53.9 Å². The van der Waals surface area contributed by atoms with E-state index in [0.717, 1.165) is 35.5 Å². The molecule has 1 saturated heterocycles. The van der Waals surface area contributed by atoms with Crippen LogP contribution in [0.25, 0.3) is 0 Å². The van der Waals surface area contributed by atoms with Crippen molar-refractivity contribution in [2.24, 2.45) is 10.2 Å². The number of hydrogen-bond acceptors (Lipinski definition) is 6. The Morgan fingerprint density at radius 1 is 1.03 bits per heavy atom. The Morgan fingerprint density at radius 2 is 1.66 bits per heavy atom. The maximum absolute atomic E-state index is 12.9. The second kappa shape index (κ2) is 10.1. The summed E-state index contributed by atoms with van der Waals surface area (Å²) >= 11 is 1.49. The number of ether oxygens (including phenoxy) is 2. The summed E-state index contributed by atoms with van der Waals surface area (Å²) in [4.78, 5) is 14.6. The molecule has 3 rings (SSSR count). The van der Waals surface area contributed by atoms with Gasteiger partial charge in [0.2, 0.25) is 5.91 Å². The van der Waals surface area contributed by atoms with Crippen molar-refractivity contribution in [3.63, 3.8) is 0 Å². The second-order valence-electron chi connectivity index (χ2n) is 6.57. The van der Waals surface area contributed by atoms with Crippen molar-refractivity contribution in [1.82, 2.24) is 4.90 Å². The number of rotatable bonds is 8. The van der Waals surface area contributed by atoms with Crippen molar-refractivity contribution in [3.05, 3.63) is 59.7 Å². The number of methoxy groups -OCH3 is 2. The summed E-state index contributed by atoms with van der Waals surface area (Å²) in [6, 6.07) is 15.3. The molecular weight excluding hydrogens is 386 g/mol. The van der Waals surface area contributed by atoms with Crippen LogP contribution in [0.3, 0.4) is 0 Å². The van der Waals surface area contributed by atoms with Crippen LogP contribution in [0.4, 0.5) is 0 Å². The topological polar surface area (TPSA) is 63.5 Å². The van der Waals surface area contributed by atoms with Gasteiger partial charge in [0.25, 0.3) is 0 Å². The first kappa shape index (κ1) is 20.9. The molecule has 1 aliphatic heterocycles. The van der Waals surface area contributed by atoms with Crippen LogP contribution >= 0.6 is 11.8 Å². The fourth-order valence-corrected chi connectivity index (χ4v) is 4.14. The van der Waals surface area contributed by atoms with Gasteiger partial charge in [0.15, 0.2) is 5.17 Å². The summed E-state index contributed by atoms with van der Waals surface area (Å²) in [7, 11) is 3.27. The molecule has 1 aliphatic rings. The van der Waals surface area contributed by atoms with Crippen molar-refractivity contribution in [2.45, 2.75) is 31.6 Å². The highest BCUT2D eigenvalue weighted by molar-refractivity contribution is 8.15. The van der Waals surface area contributed by atoms with Gasteiger partial charge in [0.05, 0.1) is 32.2 Å². The molecule has 0 N–H and O–H groups in total. The molecule has 152 valence electrons. The largest absolute Gasteiger partial charge is 0.497 e. The van der Waals surface area contributed by atoms with E-state index in [9.17, 15) is 4.79 Å². The molecule has 1 fully saturated rings. The summed E-state index contributed by atoms with van der Waals surface area (Å²) in [6.07, 6.45) is 3.45. The van der Waals surface area contributed by atoms with Gasteiger partial charge in [-0.1, -0.05) is 37.2 Å². The van der Waals surface area contributed by atoms with Crippen LogP contribution in [-0.2, 0) is 11.3 Å². The van der Waals surface area contributed by atoms with E-state index >= 15 is 0 Å². The predicted octanol–water partition coefficient (Wildman–Crippen LogP) is 4.34. The average molecular weight is 412 g/mol. The summed E-state index contributed by atoms with van der Waals surface area (Å²) in [5.41, 5.74) is 1.93. The molecule has 7 heteroatoms. The van der Waals surface area contributed by atoms with Crippen molar-refractivity contribution < 1.29 is 14.3 Å². The number of nitrogens with zero attached hydrogens (tertiary/aromatic N) is 3. The first-order chi connectivity index (χ1) is 14.1. The first-order valence-electron chi connectivity index (χ1n) is 9.50. The summed E-state index contributed by atoms with van der Waals surface area (Å²) < 4.78 is 10.4. The Hall–Kier alpha value is -2.80. The number of amidine groups is 1. The van der Waals surface area contributed by atoms with E-state index in [1.807, 2.05) is 48.5 Å². The standard InChI is InChI=1S/C22H25N3O3S/c1-4-5-20-21(26)25(15-17-8-12-19(28-3)13-9-17)22(29-20)24-23-14-16-6-10-18(27-2)11-7-16/h6-14,20H,4-5,15H2,1-3H3/b23-14-,24-22-/t20-/m0/s1. The number of thioether (sulfide) groups is 1. The van der Waals surface area contributed by atoms with E-state index in [2.05, 4.69) is 17.1 Å². The number of amides is 1. The van der Waals surface area contributed by atoms with Gasteiger partial charge in [0.1, 0.15) is 11.5 Å². The highest BCUT2D eigenvalue weighted by Gasteiger charge is 2.37. The van der Waals surface area contributed by atoms with Crippen LogP contribution in [0.5, 0.6) is 11.5 Å². The van der Waals surface area contributed by atoms with Crippen LogP contribution in [0.2, 0.25) is 0 Å². The lowest BCUT2D eigenvalue weighted by atomic mass is 10.2. The maximum atomic E-state index is 12.9. The minimum atomic E-state index is -0.104. The molecule has 0 aliphatic carbocycles. The van der Waals surface area contributed by atoms with E-state index < -0.39 is 0 Å². The zero-order chi connectivity index (χ0) is 20.6. The zero-order valence-electron chi connectivity index (χ0n) is 16.9. The van der Waals surface area contributed by atoms with Crippen LogP contribution in [0.15, 0.2) is 58.7 Å². The fourth-order valence-electron chi connectivity index (χ4n) is 2.93. The maximum Gasteiger partial charge on any atom is 0.242 e. The molecule has 1 amide bonds. The number of hydrogen-bond donors (Lipinski definition) is 0. The van der Waals surface area contributed by atoms with Gasteiger partial charge in [-0.3, -0.25) is 9.69 Å². The van der Waals surface area contributed by atoms with Gasteiger partial charge in [-0.15, -0.1) is 5.10 Å². The predicted molar refractivity (Wildman–Crippen MR) is 118 cm³/mol. The van der Waals surface area contributed by atoms with E-state index in [4.69, 9.17) is 9.47 Å². The van der Waals surface area contributed by atoms with Gasteiger partial charge >= 0.3 is 0 Å². The summed E-state index contributed by atoms with van der Waals surface area (Å²) in [6.45, 7) is 2.55. The average Bonchev–Trinajstić information content (AvgIpc) is 3.04. The van der Waals surface area contributed by atoms with Gasteiger partial charge in [0, 0.05) is 0 Å². The molecule has 0 aromatic heterocycles.